The third kappa shape index (κ3) is 7.92. The number of ether oxygens (including phenoxy) is 2. The minimum absolute atomic E-state index is 0.00416. The van der Waals surface area contributed by atoms with Crippen molar-refractivity contribution in [3.05, 3.63) is 134 Å². The molecule has 248 valence electrons. The number of halogens is 2. The Labute approximate surface area is 287 Å². The van der Waals surface area contributed by atoms with Crippen molar-refractivity contribution in [1.29, 1.82) is 0 Å². The molecular weight excluding hydrogens is 677 g/mol. The Morgan fingerprint density at radius 1 is 1.04 bits per heavy atom. The Kier molecular flexibility index (Phi) is 11.3. The van der Waals surface area contributed by atoms with Gasteiger partial charge in [-0.2, -0.15) is 0 Å². The maximum absolute atomic E-state index is 14.5. The predicted octanol–water partition coefficient (Wildman–Crippen LogP) is 7.13. The number of benzene rings is 4. The van der Waals surface area contributed by atoms with Gasteiger partial charge < -0.3 is 19.9 Å². The summed E-state index contributed by atoms with van der Waals surface area (Å²) in [5.41, 5.74) is 9.10. The van der Waals surface area contributed by atoms with E-state index in [4.69, 9.17) is 42.8 Å². The fraction of sp³-hybridized carbons (Fsp3) is 0.235. The first kappa shape index (κ1) is 34.7. The molecule has 2 N–H and O–H groups in total. The molecule has 0 fully saturated rings. The van der Waals surface area contributed by atoms with Gasteiger partial charge in [0.25, 0.3) is 5.91 Å². The van der Waals surface area contributed by atoms with E-state index < -0.39 is 33.1 Å². The van der Waals surface area contributed by atoms with Crippen LogP contribution in [0.3, 0.4) is 0 Å². The van der Waals surface area contributed by atoms with Gasteiger partial charge in [-0.05, 0) is 59.6 Å². The summed E-state index contributed by atoms with van der Waals surface area (Å²) in [6, 6.07) is 26.2. The number of sulfone groups is 1. The highest BCUT2D eigenvalue weighted by atomic mass is 35.5. The molecule has 0 aliphatic carbocycles. The third-order valence-corrected chi connectivity index (χ3v) is 10.0. The predicted molar refractivity (Wildman–Crippen MR) is 183 cm³/mol. The Morgan fingerprint density at radius 3 is 2.48 bits per heavy atom. The molecule has 0 saturated heterocycles. The van der Waals surface area contributed by atoms with Crippen LogP contribution in [0.4, 0.5) is 5.69 Å². The van der Waals surface area contributed by atoms with E-state index in [0.717, 1.165) is 0 Å². The van der Waals surface area contributed by atoms with Gasteiger partial charge in [-0.3, -0.25) is 4.79 Å². The average Bonchev–Trinajstić information content (AvgIpc) is 3.49. The number of azide groups is 1. The van der Waals surface area contributed by atoms with Crippen molar-refractivity contribution in [2.24, 2.45) is 10.1 Å². The van der Waals surface area contributed by atoms with Crippen molar-refractivity contribution < 1.29 is 27.8 Å². The Hall–Kier alpha value is -4.58. The average molecular weight is 709 g/mol. The number of aliphatic hydroxyl groups excluding tert-OH is 1. The van der Waals surface area contributed by atoms with E-state index >= 15 is 0 Å². The second-order valence-electron chi connectivity index (χ2n) is 10.8. The number of hydrogen-bond donors (Lipinski definition) is 2. The zero-order valence-corrected chi connectivity index (χ0v) is 27.8. The standard InChI is InChI=1S/C34H31Cl2N5O6S/c35-25-14-11-24(29(36)21-25)22-38-33(43)34(17-20-48(44,45)27-7-2-1-3-8-27)31(28-9-4-5-10-30(28)40-41-37)47-32(39-34)23-12-15-26(16-13-23)46-19-6-18-42/h1-5,7-16,21,31,42H,6,17-20,22H2,(H,38,43)/t31-,34-/m1/s1. The smallest absolute Gasteiger partial charge is 0.252 e. The first-order chi connectivity index (χ1) is 23.2. The van der Waals surface area contributed by atoms with Crippen LogP contribution in [0, 0.1) is 0 Å². The van der Waals surface area contributed by atoms with Crippen LogP contribution in [0.15, 0.2) is 112 Å². The fourth-order valence-corrected chi connectivity index (χ4v) is 7.09. The van der Waals surface area contributed by atoms with E-state index in [0.29, 0.717) is 45.5 Å². The molecule has 0 aromatic heterocycles. The number of amides is 1. The molecule has 11 nitrogen and oxygen atoms in total. The summed E-state index contributed by atoms with van der Waals surface area (Å²) in [7, 11) is -3.88. The molecule has 1 aliphatic rings. The van der Waals surface area contributed by atoms with Gasteiger partial charge in [-0.15, -0.1) is 0 Å². The number of aliphatic imine (C=N–C) groups is 1. The molecule has 14 heteroatoms. The number of carbonyl (C=O) groups is 1. The van der Waals surface area contributed by atoms with E-state index in [1.807, 2.05) is 0 Å². The Balaban J connectivity index is 1.60. The Bertz CT molecular complexity index is 1950. The van der Waals surface area contributed by atoms with Gasteiger partial charge in [0.1, 0.15) is 5.75 Å². The molecule has 0 saturated carbocycles. The fourth-order valence-electron chi connectivity index (χ4n) is 5.23. The second kappa shape index (κ2) is 15.5. The third-order valence-electron chi connectivity index (χ3n) is 7.71. The van der Waals surface area contributed by atoms with Crippen LogP contribution in [0.1, 0.15) is 35.6 Å². The van der Waals surface area contributed by atoms with Crippen LogP contribution in [-0.4, -0.2) is 49.8 Å². The number of nitrogens with one attached hydrogen (secondary N) is 1. The molecule has 0 bridgehead atoms. The summed E-state index contributed by atoms with van der Waals surface area (Å²) in [5, 5.41) is 16.5. The van der Waals surface area contributed by atoms with Gasteiger partial charge in [0.05, 0.1) is 17.3 Å². The van der Waals surface area contributed by atoms with Gasteiger partial charge in [-0.1, -0.05) is 76.8 Å². The molecule has 1 aliphatic heterocycles. The lowest BCUT2D eigenvalue weighted by Crippen LogP contribution is -2.49. The highest BCUT2D eigenvalue weighted by molar-refractivity contribution is 7.91. The molecule has 0 unspecified atom stereocenters. The molecule has 4 aromatic carbocycles. The van der Waals surface area contributed by atoms with Gasteiger partial charge in [-0.25, -0.2) is 13.4 Å². The second-order valence-corrected chi connectivity index (χ2v) is 13.8. The van der Waals surface area contributed by atoms with Gasteiger partial charge >= 0.3 is 0 Å². The minimum atomic E-state index is -3.88. The molecule has 5 rings (SSSR count). The highest BCUT2D eigenvalue weighted by Gasteiger charge is 2.54. The summed E-state index contributed by atoms with van der Waals surface area (Å²) < 4.78 is 39.2. The number of hydrogen-bond acceptors (Lipinski definition) is 8. The molecule has 2 atom stereocenters. The maximum Gasteiger partial charge on any atom is 0.252 e. The van der Waals surface area contributed by atoms with Gasteiger partial charge in [0, 0.05) is 57.8 Å². The highest BCUT2D eigenvalue weighted by Crippen LogP contribution is 2.46. The van der Waals surface area contributed by atoms with Gasteiger partial charge in [0.15, 0.2) is 21.5 Å². The van der Waals surface area contributed by atoms with Crippen LogP contribution < -0.4 is 10.1 Å². The monoisotopic (exact) mass is 707 g/mol. The van der Waals surface area contributed by atoms with Crippen LogP contribution in [0.2, 0.25) is 10.0 Å². The molecule has 1 amide bonds. The quantitative estimate of drug-likeness (QED) is 0.0613. The first-order valence-electron chi connectivity index (χ1n) is 14.9. The van der Waals surface area contributed by atoms with Crippen LogP contribution in [-0.2, 0) is 25.9 Å². The van der Waals surface area contributed by atoms with E-state index in [1.165, 1.54) is 12.1 Å². The van der Waals surface area contributed by atoms with Crippen molar-refractivity contribution in [3.8, 4) is 5.75 Å². The van der Waals surface area contributed by atoms with E-state index in [9.17, 15) is 18.7 Å². The number of carbonyl (C=O) groups excluding carboxylic acids is 1. The van der Waals surface area contributed by atoms with Crippen LogP contribution in [0.5, 0.6) is 5.75 Å². The van der Waals surface area contributed by atoms with E-state index in [2.05, 4.69) is 15.3 Å². The normalized spacial score (nSPS) is 17.1. The van der Waals surface area contributed by atoms with Crippen LogP contribution >= 0.6 is 23.2 Å². The van der Waals surface area contributed by atoms with Crippen molar-refractivity contribution in [2.75, 3.05) is 19.0 Å². The SMILES string of the molecule is [N-]=[N+]=Nc1ccccc1[C@H]1OC(c2ccc(OCCCO)cc2)=N[C@@]1(CCS(=O)(=O)c1ccccc1)C(=O)NCc1ccc(Cl)cc1Cl. The molecule has 4 aromatic rings. The molecule has 1 heterocycles. The zero-order valence-electron chi connectivity index (χ0n) is 25.5. The minimum Gasteiger partial charge on any atom is -0.494 e. The summed E-state index contributed by atoms with van der Waals surface area (Å²) in [6.07, 6.45) is -1.01. The molecular formula is C34H31Cl2N5O6S. The summed E-state index contributed by atoms with van der Waals surface area (Å²) in [4.78, 5) is 22.4. The zero-order chi connectivity index (χ0) is 34.1. The lowest BCUT2D eigenvalue weighted by molar-refractivity contribution is -0.129. The summed E-state index contributed by atoms with van der Waals surface area (Å²) in [5.74, 6) is -0.454. The summed E-state index contributed by atoms with van der Waals surface area (Å²) in [6.45, 7) is 0.301. The van der Waals surface area contributed by atoms with Crippen molar-refractivity contribution >= 4 is 50.5 Å². The van der Waals surface area contributed by atoms with E-state index in [1.54, 1.807) is 84.9 Å². The largest absolute Gasteiger partial charge is 0.494 e. The van der Waals surface area contributed by atoms with Crippen molar-refractivity contribution in [1.82, 2.24) is 5.32 Å². The topological polar surface area (TPSA) is 163 Å². The maximum atomic E-state index is 14.5. The van der Waals surface area contributed by atoms with E-state index in [-0.39, 0.29) is 36.1 Å². The van der Waals surface area contributed by atoms with Gasteiger partial charge in [0.2, 0.25) is 5.90 Å². The van der Waals surface area contributed by atoms with Crippen molar-refractivity contribution in [2.45, 2.75) is 35.9 Å². The van der Waals surface area contributed by atoms with Crippen LogP contribution in [0.25, 0.3) is 10.4 Å². The van der Waals surface area contributed by atoms with Crippen molar-refractivity contribution in [3.63, 3.8) is 0 Å². The summed E-state index contributed by atoms with van der Waals surface area (Å²) >= 11 is 12.5. The lowest BCUT2D eigenvalue weighted by atomic mass is 9.84. The lowest BCUT2D eigenvalue weighted by Gasteiger charge is -2.31. The molecule has 0 spiro atoms. The number of aliphatic hydroxyl groups is 1. The molecule has 0 radical (unpaired) electrons. The number of nitrogens with zero attached hydrogens (tertiary/aromatic N) is 4. The number of rotatable bonds is 14. The Morgan fingerprint density at radius 2 is 1.77 bits per heavy atom. The molecule has 48 heavy (non-hydrogen) atoms. The first-order valence-corrected chi connectivity index (χ1v) is 17.3.